The molecule has 0 aliphatic heterocycles. The predicted octanol–water partition coefficient (Wildman–Crippen LogP) is 3.18. The Morgan fingerprint density at radius 3 is 2.90 bits per heavy atom. The molecule has 0 bridgehead atoms. The first kappa shape index (κ1) is 15.2. The fourth-order valence-corrected chi connectivity index (χ4v) is 2.86. The lowest BCUT2D eigenvalue weighted by Gasteiger charge is -2.14. The summed E-state index contributed by atoms with van der Waals surface area (Å²) in [6, 6.07) is 2.97. The van der Waals surface area contributed by atoms with Gasteiger partial charge in [0.2, 0.25) is 0 Å². The number of aliphatic carboxylic acids is 1. The third kappa shape index (κ3) is 3.66. The molecule has 0 radical (unpaired) electrons. The molecule has 21 heavy (non-hydrogen) atoms. The van der Waals surface area contributed by atoms with E-state index in [2.05, 4.69) is 10.3 Å². The van der Waals surface area contributed by atoms with Crippen molar-refractivity contribution in [3.05, 3.63) is 27.3 Å². The zero-order chi connectivity index (χ0) is 15.6. The van der Waals surface area contributed by atoms with Crippen molar-refractivity contribution in [2.45, 2.75) is 32.7 Å². The fraction of sp³-hybridized carbons (Fsp3) is 0.385. The molecule has 0 spiro atoms. The number of aromatic nitrogens is 1. The Labute approximate surface area is 124 Å². The van der Waals surface area contributed by atoms with Crippen LogP contribution in [0, 0.1) is 17.0 Å². The number of carboxylic acid groups (broad SMARTS) is 1. The number of benzene rings is 1. The van der Waals surface area contributed by atoms with Gasteiger partial charge in [-0.25, -0.2) is 4.98 Å². The molecule has 2 aromatic rings. The minimum atomic E-state index is -0.885. The fourth-order valence-electron chi connectivity index (χ4n) is 2.02. The average molecular weight is 309 g/mol. The summed E-state index contributed by atoms with van der Waals surface area (Å²) in [6.07, 6.45) is 0.403. The Bertz CT molecular complexity index is 698. The highest BCUT2D eigenvalue weighted by Crippen LogP contribution is 2.33. The lowest BCUT2D eigenvalue weighted by atomic mass is 10.1. The van der Waals surface area contributed by atoms with Gasteiger partial charge in [0, 0.05) is 18.5 Å². The van der Waals surface area contributed by atoms with Crippen LogP contribution >= 0.6 is 11.3 Å². The molecular formula is C13H15N3O4S. The number of nitrogens with zero attached hydrogens (tertiary/aromatic N) is 2. The Morgan fingerprint density at radius 2 is 2.29 bits per heavy atom. The van der Waals surface area contributed by atoms with Crippen LogP contribution in [0.5, 0.6) is 0 Å². The molecule has 0 amide bonds. The van der Waals surface area contributed by atoms with Crippen LogP contribution in [0.2, 0.25) is 0 Å². The van der Waals surface area contributed by atoms with E-state index >= 15 is 0 Å². The topological polar surface area (TPSA) is 105 Å². The van der Waals surface area contributed by atoms with Gasteiger partial charge in [-0.1, -0.05) is 0 Å². The molecule has 1 unspecified atom stereocenters. The van der Waals surface area contributed by atoms with E-state index in [0.29, 0.717) is 17.6 Å². The second-order valence-electron chi connectivity index (χ2n) is 4.80. The maximum Gasteiger partial charge on any atom is 0.303 e. The Morgan fingerprint density at radius 1 is 1.57 bits per heavy atom. The molecular weight excluding hydrogens is 294 g/mol. The highest BCUT2D eigenvalue weighted by Gasteiger charge is 2.18. The van der Waals surface area contributed by atoms with Gasteiger partial charge in [0.25, 0.3) is 5.69 Å². The number of nitrogens with one attached hydrogen (secondary N) is 1. The van der Waals surface area contributed by atoms with Crippen molar-refractivity contribution < 1.29 is 14.8 Å². The van der Waals surface area contributed by atoms with Gasteiger partial charge in [-0.15, -0.1) is 11.3 Å². The molecule has 1 atom stereocenters. The molecule has 0 aliphatic carbocycles. The normalized spacial score (nSPS) is 12.3. The number of hydrogen-bond acceptors (Lipinski definition) is 6. The summed E-state index contributed by atoms with van der Waals surface area (Å²) >= 11 is 1.40. The zero-order valence-corrected chi connectivity index (χ0v) is 12.4. The lowest BCUT2D eigenvalue weighted by Crippen LogP contribution is -2.17. The van der Waals surface area contributed by atoms with Crippen molar-refractivity contribution in [1.82, 2.24) is 4.98 Å². The average Bonchev–Trinajstić information content (AvgIpc) is 2.74. The molecule has 1 aromatic heterocycles. The Hall–Kier alpha value is -2.22. The number of nitro groups is 1. The largest absolute Gasteiger partial charge is 0.481 e. The van der Waals surface area contributed by atoms with Crippen molar-refractivity contribution in [2.75, 3.05) is 5.32 Å². The number of nitro benzene ring substituents is 1. The molecule has 2 N–H and O–H groups in total. The van der Waals surface area contributed by atoms with Crippen molar-refractivity contribution in [3.63, 3.8) is 0 Å². The van der Waals surface area contributed by atoms with Crippen LogP contribution < -0.4 is 5.32 Å². The summed E-state index contributed by atoms with van der Waals surface area (Å²) in [7, 11) is 0. The van der Waals surface area contributed by atoms with E-state index in [1.807, 2.05) is 6.92 Å². The Kier molecular flexibility index (Phi) is 4.37. The monoisotopic (exact) mass is 309 g/mol. The van der Waals surface area contributed by atoms with E-state index in [9.17, 15) is 14.9 Å². The second-order valence-corrected chi connectivity index (χ2v) is 6.04. The first-order valence-electron chi connectivity index (χ1n) is 6.40. The Balaban J connectivity index is 2.29. The van der Waals surface area contributed by atoms with E-state index in [4.69, 9.17) is 5.11 Å². The molecule has 0 saturated heterocycles. The van der Waals surface area contributed by atoms with Crippen molar-refractivity contribution in [3.8, 4) is 0 Å². The van der Waals surface area contributed by atoms with Crippen molar-refractivity contribution in [1.29, 1.82) is 0 Å². The number of thiazole rings is 1. The summed E-state index contributed by atoms with van der Waals surface area (Å²) < 4.78 is 0.767. The summed E-state index contributed by atoms with van der Waals surface area (Å²) in [5.41, 5.74) is 1.06. The van der Waals surface area contributed by atoms with Gasteiger partial charge < -0.3 is 10.4 Å². The molecule has 8 heteroatoms. The minimum Gasteiger partial charge on any atom is -0.481 e. The number of rotatable bonds is 6. The van der Waals surface area contributed by atoms with Crippen LogP contribution in [0.1, 0.15) is 24.8 Å². The van der Waals surface area contributed by atoms with E-state index in [1.165, 1.54) is 17.4 Å². The van der Waals surface area contributed by atoms with E-state index in [-0.39, 0.29) is 18.2 Å². The third-order valence-electron chi connectivity index (χ3n) is 3.00. The number of fused-ring (bicyclic) bond motifs is 1. The van der Waals surface area contributed by atoms with Crippen LogP contribution in [0.15, 0.2) is 12.1 Å². The van der Waals surface area contributed by atoms with Crippen LogP contribution in [0.25, 0.3) is 10.2 Å². The van der Waals surface area contributed by atoms with Gasteiger partial charge in [0.05, 0.1) is 20.1 Å². The number of carbonyl (C=O) groups is 1. The molecule has 2 rings (SSSR count). The minimum absolute atomic E-state index is 0.0139. The predicted molar refractivity (Wildman–Crippen MR) is 81.0 cm³/mol. The van der Waals surface area contributed by atoms with Gasteiger partial charge in [-0.2, -0.15) is 0 Å². The van der Waals surface area contributed by atoms with Gasteiger partial charge in [-0.3, -0.25) is 14.9 Å². The van der Waals surface area contributed by atoms with Crippen LogP contribution in [-0.4, -0.2) is 27.0 Å². The zero-order valence-electron chi connectivity index (χ0n) is 11.6. The van der Waals surface area contributed by atoms with Crippen LogP contribution in [0.4, 0.5) is 11.4 Å². The van der Waals surface area contributed by atoms with Crippen LogP contribution in [-0.2, 0) is 4.79 Å². The number of aryl methyl sites for hydroxylation is 1. The molecule has 1 heterocycles. The number of anilines is 1. The van der Waals surface area contributed by atoms with Crippen LogP contribution in [0.3, 0.4) is 0 Å². The summed E-state index contributed by atoms with van der Waals surface area (Å²) in [5, 5.41) is 23.7. The molecule has 0 aliphatic rings. The second kappa shape index (κ2) is 6.04. The highest BCUT2D eigenvalue weighted by atomic mass is 32.1. The molecule has 0 fully saturated rings. The van der Waals surface area contributed by atoms with Gasteiger partial charge in [0.1, 0.15) is 5.69 Å². The first-order valence-corrected chi connectivity index (χ1v) is 7.22. The maximum absolute atomic E-state index is 11.2. The highest BCUT2D eigenvalue weighted by molar-refractivity contribution is 7.18. The van der Waals surface area contributed by atoms with Crippen molar-refractivity contribution in [2.24, 2.45) is 0 Å². The van der Waals surface area contributed by atoms with Gasteiger partial charge >= 0.3 is 5.97 Å². The summed E-state index contributed by atoms with van der Waals surface area (Å²) in [4.78, 5) is 25.6. The molecule has 1 aromatic carbocycles. The molecule has 7 nitrogen and oxygen atoms in total. The van der Waals surface area contributed by atoms with E-state index in [1.54, 1.807) is 13.0 Å². The standard InChI is InChI=1S/C13H15N3O4S/c1-7(3-4-13(17)18)14-9-5-10-12(21-8(2)15-10)6-11(9)16(19)20/h5-7,14H,3-4H2,1-2H3,(H,17,18). The quantitative estimate of drug-likeness (QED) is 0.627. The summed E-state index contributed by atoms with van der Waals surface area (Å²) in [5.74, 6) is -0.885. The first-order chi connectivity index (χ1) is 9.86. The molecule has 0 saturated carbocycles. The smallest absolute Gasteiger partial charge is 0.303 e. The van der Waals surface area contributed by atoms with E-state index in [0.717, 1.165) is 9.71 Å². The SMILES string of the molecule is Cc1nc2cc(NC(C)CCC(=O)O)c([N+](=O)[O-])cc2s1. The lowest BCUT2D eigenvalue weighted by molar-refractivity contribution is -0.383. The third-order valence-corrected chi connectivity index (χ3v) is 3.94. The number of hydrogen-bond donors (Lipinski definition) is 2. The van der Waals surface area contributed by atoms with Crippen molar-refractivity contribution >= 4 is 38.9 Å². The maximum atomic E-state index is 11.2. The van der Waals surface area contributed by atoms with Gasteiger partial charge in [-0.05, 0) is 26.3 Å². The van der Waals surface area contributed by atoms with E-state index < -0.39 is 10.9 Å². The molecule has 112 valence electrons. The number of carboxylic acids is 1. The summed E-state index contributed by atoms with van der Waals surface area (Å²) in [6.45, 7) is 3.64. The van der Waals surface area contributed by atoms with Gasteiger partial charge in [0.15, 0.2) is 0 Å².